The average Bonchev–Trinajstić information content (AvgIpc) is 3.18. The predicted octanol–water partition coefficient (Wildman–Crippen LogP) is 4.56. The second-order valence-electron chi connectivity index (χ2n) is 7.53. The number of carbonyl (C=O) groups is 1. The first-order chi connectivity index (χ1) is 14.1. The zero-order valence-corrected chi connectivity index (χ0v) is 16.7. The summed E-state index contributed by atoms with van der Waals surface area (Å²) in [5, 5.41) is 14.0. The number of H-pyrrole nitrogens is 1. The molecule has 0 aliphatic heterocycles. The van der Waals surface area contributed by atoms with Crippen molar-refractivity contribution >= 4 is 16.8 Å². The van der Waals surface area contributed by atoms with E-state index in [1.54, 1.807) is 12.1 Å². The molecule has 1 heterocycles. The highest BCUT2D eigenvalue weighted by atomic mass is 16.3. The van der Waals surface area contributed by atoms with Gasteiger partial charge in [-0.3, -0.25) is 4.79 Å². The molecule has 2 aromatic carbocycles. The fraction of sp³-hybridized carbons (Fsp3) is 0.292. The molecule has 29 heavy (non-hydrogen) atoms. The SMILES string of the molecule is CCN(C(=O)c1cc2ccccc2[nH]1)[C@@H]1C=C(NCc2ccc(O)cc2)CCC1. The molecule has 1 aliphatic rings. The van der Waals surface area contributed by atoms with Crippen LogP contribution in [-0.4, -0.2) is 33.5 Å². The van der Waals surface area contributed by atoms with Crippen molar-refractivity contribution in [3.8, 4) is 5.75 Å². The van der Waals surface area contributed by atoms with E-state index < -0.39 is 0 Å². The fourth-order valence-corrected chi connectivity index (χ4v) is 4.00. The molecule has 0 saturated heterocycles. The second kappa shape index (κ2) is 8.43. The van der Waals surface area contributed by atoms with Gasteiger partial charge in [0.15, 0.2) is 0 Å². The number of rotatable bonds is 6. The number of likely N-dealkylation sites (N-methyl/N-ethyl adjacent to an activating group) is 1. The highest BCUT2D eigenvalue weighted by Crippen LogP contribution is 2.24. The number of carbonyl (C=O) groups excluding carboxylic acids is 1. The van der Waals surface area contributed by atoms with Crippen LogP contribution in [0.4, 0.5) is 0 Å². The maximum Gasteiger partial charge on any atom is 0.270 e. The molecule has 5 heteroatoms. The Morgan fingerprint density at radius 3 is 2.76 bits per heavy atom. The lowest BCUT2D eigenvalue weighted by molar-refractivity contribution is 0.0706. The second-order valence-corrected chi connectivity index (χ2v) is 7.53. The molecule has 1 aromatic heterocycles. The Hall–Kier alpha value is -3.21. The van der Waals surface area contributed by atoms with Crippen molar-refractivity contribution in [1.82, 2.24) is 15.2 Å². The summed E-state index contributed by atoms with van der Waals surface area (Å²) in [4.78, 5) is 18.4. The third-order valence-corrected chi connectivity index (χ3v) is 5.56. The lowest BCUT2D eigenvalue weighted by atomic mass is 9.98. The van der Waals surface area contributed by atoms with Crippen molar-refractivity contribution in [3.05, 3.63) is 77.6 Å². The van der Waals surface area contributed by atoms with Gasteiger partial charge in [0.1, 0.15) is 11.4 Å². The number of hydrogen-bond acceptors (Lipinski definition) is 3. The minimum atomic E-state index is 0.0461. The lowest BCUT2D eigenvalue weighted by Crippen LogP contribution is -2.41. The topological polar surface area (TPSA) is 68.4 Å². The molecular weight excluding hydrogens is 362 g/mol. The van der Waals surface area contributed by atoms with Gasteiger partial charge in [-0.2, -0.15) is 0 Å². The number of aromatic hydroxyl groups is 1. The van der Waals surface area contributed by atoms with Gasteiger partial charge in [0.2, 0.25) is 0 Å². The summed E-state index contributed by atoms with van der Waals surface area (Å²) in [6.07, 6.45) is 5.22. The Morgan fingerprint density at radius 2 is 2.00 bits per heavy atom. The van der Waals surface area contributed by atoms with Crippen molar-refractivity contribution in [2.45, 2.75) is 38.8 Å². The van der Waals surface area contributed by atoms with Gasteiger partial charge in [-0.25, -0.2) is 0 Å². The van der Waals surface area contributed by atoms with Gasteiger partial charge in [0.25, 0.3) is 5.91 Å². The summed E-state index contributed by atoms with van der Waals surface area (Å²) in [7, 11) is 0. The van der Waals surface area contributed by atoms with E-state index in [1.807, 2.05) is 54.3 Å². The number of benzene rings is 2. The first-order valence-electron chi connectivity index (χ1n) is 10.2. The van der Waals surface area contributed by atoms with E-state index in [1.165, 1.54) is 5.70 Å². The van der Waals surface area contributed by atoms with Gasteiger partial charge >= 0.3 is 0 Å². The molecule has 0 unspecified atom stereocenters. The molecule has 4 rings (SSSR count). The molecule has 0 saturated carbocycles. The number of aromatic nitrogens is 1. The zero-order valence-electron chi connectivity index (χ0n) is 16.7. The molecule has 1 aliphatic carbocycles. The Balaban J connectivity index is 1.47. The monoisotopic (exact) mass is 389 g/mol. The summed E-state index contributed by atoms with van der Waals surface area (Å²) >= 11 is 0. The highest BCUT2D eigenvalue weighted by molar-refractivity contribution is 5.98. The molecular formula is C24H27N3O2. The predicted molar refractivity (Wildman–Crippen MR) is 116 cm³/mol. The van der Waals surface area contributed by atoms with Crippen molar-refractivity contribution in [2.75, 3.05) is 6.54 Å². The summed E-state index contributed by atoms with van der Waals surface area (Å²) in [6.45, 7) is 3.41. The van der Waals surface area contributed by atoms with Crippen LogP contribution >= 0.6 is 0 Å². The standard InChI is InChI=1S/C24H27N3O2/c1-2-27(24(29)23-14-18-6-3-4-9-22(18)26-23)20-8-5-7-19(15-20)25-16-17-10-12-21(28)13-11-17/h3-4,6,9-15,20,25-26,28H,2,5,7-8,16H2,1H3/t20-/m0/s1. The molecule has 1 atom stereocenters. The molecule has 0 spiro atoms. The van der Waals surface area contributed by atoms with Crippen molar-refractivity contribution in [1.29, 1.82) is 0 Å². The van der Waals surface area contributed by atoms with Gasteiger partial charge in [-0.05, 0) is 62.1 Å². The average molecular weight is 389 g/mol. The quantitative estimate of drug-likeness (QED) is 0.579. The third-order valence-electron chi connectivity index (χ3n) is 5.56. The molecule has 150 valence electrons. The van der Waals surface area contributed by atoms with E-state index in [2.05, 4.69) is 16.4 Å². The Morgan fingerprint density at radius 1 is 1.21 bits per heavy atom. The van der Waals surface area contributed by atoms with Gasteiger partial charge in [-0.1, -0.05) is 30.3 Å². The van der Waals surface area contributed by atoms with E-state index in [0.717, 1.165) is 35.7 Å². The Labute approximate surface area is 171 Å². The van der Waals surface area contributed by atoms with Crippen LogP contribution in [0.15, 0.2) is 66.4 Å². The molecule has 0 fully saturated rings. The number of allylic oxidation sites excluding steroid dienone is 1. The van der Waals surface area contributed by atoms with Crippen LogP contribution < -0.4 is 5.32 Å². The molecule has 0 bridgehead atoms. The molecule has 3 aromatic rings. The van der Waals surface area contributed by atoms with Crippen LogP contribution in [0.3, 0.4) is 0 Å². The first kappa shape index (κ1) is 19.1. The van der Waals surface area contributed by atoms with Gasteiger partial charge in [0, 0.05) is 29.7 Å². The number of nitrogens with one attached hydrogen (secondary N) is 2. The highest BCUT2D eigenvalue weighted by Gasteiger charge is 2.25. The summed E-state index contributed by atoms with van der Waals surface area (Å²) in [5.41, 5.74) is 3.93. The van der Waals surface area contributed by atoms with Crippen LogP contribution in [0.25, 0.3) is 10.9 Å². The smallest absolute Gasteiger partial charge is 0.270 e. The fourth-order valence-electron chi connectivity index (χ4n) is 4.00. The maximum absolute atomic E-state index is 13.2. The van der Waals surface area contributed by atoms with Gasteiger partial charge in [-0.15, -0.1) is 0 Å². The van der Waals surface area contributed by atoms with Gasteiger partial charge in [0.05, 0.1) is 6.04 Å². The first-order valence-corrected chi connectivity index (χ1v) is 10.2. The number of amides is 1. The number of nitrogens with zero attached hydrogens (tertiary/aromatic N) is 1. The molecule has 5 nitrogen and oxygen atoms in total. The van der Waals surface area contributed by atoms with Crippen LogP contribution in [0.2, 0.25) is 0 Å². The van der Waals surface area contributed by atoms with Crippen molar-refractivity contribution in [3.63, 3.8) is 0 Å². The number of hydrogen-bond donors (Lipinski definition) is 3. The lowest BCUT2D eigenvalue weighted by Gasteiger charge is -2.32. The molecule has 0 radical (unpaired) electrons. The van der Waals surface area contributed by atoms with Crippen LogP contribution in [0.1, 0.15) is 42.2 Å². The maximum atomic E-state index is 13.2. The summed E-state index contributed by atoms with van der Waals surface area (Å²) in [5.74, 6) is 0.324. The summed E-state index contributed by atoms with van der Waals surface area (Å²) < 4.78 is 0. The number of phenols is 1. The van der Waals surface area contributed by atoms with E-state index in [-0.39, 0.29) is 17.7 Å². The minimum Gasteiger partial charge on any atom is -0.508 e. The van der Waals surface area contributed by atoms with E-state index in [9.17, 15) is 9.90 Å². The van der Waals surface area contributed by atoms with E-state index in [0.29, 0.717) is 18.8 Å². The number of phenolic OH excluding ortho intramolecular Hbond substituents is 1. The Kier molecular flexibility index (Phi) is 5.56. The van der Waals surface area contributed by atoms with E-state index >= 15 is 0 Å². The number of para-hydroxylation sites is 1. The largest absolute Gasteiger partial charge is 0.508 e. The van der Waals surface area contributed by atoms with E-state index in [4.69, 9.17) is 0 Å². The van der Waals surface area contributed by atoms with Crippen LogP contribution in [-0.2, 0) is 6.54 Å². The molecule has 1 amide bonds. The van der Waals surface area contributed by atoms with Crippen molar-refractivity contribution in [2.24, 2.45) is 0 Å². The summed E-state index contributed by atoms with van der Waals surface area (Å²) in [6, 6.07) is 17.2. The van der Waals surface area contributed by atoms with Crippen LogP contribution in [0, 0.1) is 0 Å². The number of fused-ring (bicyclic) bond motifs is 1. The third kappa shape index (κ3) is 4.29. The molecule has 3 N–H and O–H groups in total. The zero-order chi connectivity index (χ0) is 20.2. The Bertz CT molecular complexity index is 987. The van der Waals surface area contributed by atoms with Gasteiger partial charge < -0.3 is 20.3 Å². The number of aromatic amines is 1. The van der Waals surface area contributed by atoms with Crippen LogP contribution in [0.5, 0.6) is 5.75 Å². The van der Waals surface area contributed by atoms with Crippen molar-refractivity contribution < 1.29 is 9.90 Å². The minimum absolute atomic E-state index is 0.0461. The normalized spacial score (nSPS) is 16.4.